The molecule has 0 spiro atoms. The van der Waals surface area contributed by atoms with E-state index in [1.807, 2.05) is 6.07 Å². The number of amides is 1. The van der Waals surface area contributed by atoms with Gasteiger partial charge in [-0.1, -0.05) is 6.07 Å². The van der Waals surface area contributed by atoms with Gasteiger partial charge in [0.2, 0.25) is 11.9 Å². The first-order valence-electron chi connectivity index (χ1n) is 15.0. The molecular formula is C32H31F6N5O2. The molecule has 0 radical (unpaired) electrons. The van der Waals surface area contributed by atoms with Crippen LogP contribution in [0.1, 0.15) is 69.0 Å². The molecule has 1 N–H and O–H groups in total. The number of nitrogens with zero attached hydrogens (tertiary/aromatic N) is 4. The maximum absolute atomic E-state index is 14.5. The van der Waals surface area contributed by atoms with E-state index in [9.17, 15) is 31.1 Å². The van der Waals surface area contributed by atoms with Crippen molar-refractivity contribution in [3.05, 3.63) is 66.2 Å². The van der Waals surface area contributed by atoms with E-state index in [1.54, 1.807) is 23.1 Å². The number of ether oxygens (including phenoxy) is 1. The third-order valence-electron chi connectivity index (χ3n) is 10.5. The number of carbonyl (C=O) groups is 1. The van der Waals surface area contributed by atoms with Crippen molar-refractivity contribution >= 4 is 23.2 Å². The van der Waals surface area contributed by atoms with Gasteiger partial charge in [0.1, 0.15) is 5.67 Å². The maximum atomic E-state index is 14.5. The third kappa shape index (κ3) is 5.37. The Morgan fingerprint density at radius 1 is 0.933 bits per heavy atom. The highest BCUT2D eigenvalue weighted by Crippen LogP contribution is 2.70. The number of carbonyl (C=O) groups excluding carboxylic acids is 1. The zero-order valence-corrected chi connectivity index (χ0v) is 24.2. The number of anilines is 3. The van der Waals surface area contributed by atoms with Crippen LogP contribution in [0.15, 0.2) is 55.0 Å². The van der Waals surface area contributed by atoms with Crippen LogP contribution in [0.2, 0.25) is 0 Å². The molecule has 6 aliphatic carbocycles. The summed E-state index contributed by atoms with van der Waals surface area (Å²) in [5, 5.41) is 3.03. The van der Waals surface area contributed by atoms with Crippen molar-refractivity contribution in [3.8, 4) is 5.75 Å². The Labute approximate surface area is 255 Å². The quantitative estimate of drug-likeness (QED) is 0.243. The molecule has 6 fully saturated rings. The lowest BCUT2D eigenvalue weighted by atomic mass is 9.41. The summed E-state index contributed by atoms with van der Waals surface area (Å²) < 4.78 is 83.1. The number of pyridine rings is 1. The summed E-state index contributed by atoms with van der Waals surface area (Å²) in [6.07, 6.45) is 4.06. The van der Waals surface area contributed by atoms with Gasteiger partial charge >= 0.3 is 12.8 Å². The van der Waals surface area contributed by atoms with Gasteiger partial charge in [-0.15, -0.1) is 0 Å². The first kappa shape index (κ1) is 29.8. The monoisotopic (exact) mass is 631 g/mol. The third-order valence-corrected chi connectivity index (χ3v) is 10.5. The lowest BCUT2D eigenvalue weighted by Crippen LogP contribution is -2.71. The number of fused-ring (bicyclic) bond motifs is 3. The minimum Gasteiger partial charge on any atom is -0.432 e. The zero-order valence-electron chi connectivity index (χ0n) is 24.2. The van der Waals surface area contributed by atoms with E-state index in [0.717, 1.165) is 63.2 Å². The van der Waals surface area contributed by atoms with Crippen LogP contribution in [0.25, 0.3) is 0 Å². The fourth-order valence-corrected chi connectivity index (χ4v) is 7.98. The van der Waals surface area contributed by atoms with Crippen LogP contribution >= 0.6 is 0 Å². The molecule has 1 amide bonds. The molecular weight excluding hydrogens is 600 g/mol. The number of aromatic nitrogens is 3. The molecule has 3 aromatic rings. The van der Waals surface area contributed by atoms with Gasteiger partial charge in [-0.2, -0.15) is 22.0 Å². The van der Waals surface area contributed by atoms with Crippen LogP contribution in [0.3, 0.4) is 0 Å². The van der Waals surface area contributed by atoms with Gasteiger partial charge in [0, 0.05) is 35.2 Å². The van der Waals surface area contributed by atoms with Crippen molar-refractivity contribution in [3.63, 3.8) is 0 Å². The molecule has 6 aliphatic rings. The molecule has 4 bridgehead atoms. The summed E-state index contributed by atoms with van der Waals surface area (Å²) in [6.45, 7) is -2.55. The van der Waals surface area contributed by atoms with E-state index in [4.69, 9.17) is 0 Å². The van der Waals surface area contributed by atoms with Crippen molar-refractivity contribution in [1.29, 1.82) is 0 Å². The van der Waals surface area contributed by atoms with Gasteiger partial charge < -0.3 is 15.0 Å². The molecule has 7 nitrogen and oxygen atoms in total. The molecule has 0 unspecified atom stereocenters. The van der Waals surface area contributed by atoms with Gasteiger partial charge in [-0.05, 0) is 93.5 Å². The number of alkyl halides is 6. The molecule has 0 aliphatic heterocycles. The minimum atomic E-state index is -4.44. The summed E-state index contributed by atoms with van der Waals surface area (Å²) in [4.78, 5) is 28.2. The molecule has 9 rings (SSSR count). The van der Waals surface area contributed by atoms with Crippen molar-refractivity contribution in [2.75, 3.05) is 16.8 Å². The van der Waals surface area contributed by atoms with E-state index < -0.39 is 29.4 Å². The largest absolute Gasteiger partial charge is 0.432 e. The second kappa shape index (κ2) is 10.3. The summed E-state index contributed by atoms with van der Waals surface area (Å²) in [5.74, 6) is -0.121. The Morgan fingerprint density at radius 2 is 1.60 bits per heavy atom. The van der Waals surface area contributed by atoms with Crippen molar-refractivity contribution in [2.24, 2.45) is 10.8 Å². The fourth-order valence-electron chi connectivity index (χ4n) is 7.98. The predicted octanol–water partition coefficient (Wildman–Crippen LogP) is 7.75. The number of hydrogen-bond donors (Lipinski definition) is 1. The molecule has 13 heteroatoms. The Kier molecular flexibility index (Phi) is 6.83. The normalized spacial score (nSPS) is 29.9. The van der Waals surface area contributed by atoms with Gasteiger partial charge in [0.15, 0.2) is 5.75 Å². The topological polar surface area (TPSA) is 80.2 Å². The smallest absolute Gasteiger partial charge is 0.417 e. The highest BCUT2D eigenvalue weighted by atomic mass is 19.4. The second-order valence-electron chi connectivity index (χ2n) is 13.4. The van der Waals surface area contributed by atoms with Gasteiger partial charge in [-0.3, -0.25) is 9.78 Å². The van der Waals surface area contributed by atoms with Crippen molar-refractivity contribution in [1.82, 2.24) is 15.0 Å². The van der Waals surface area contributed by atoms with E-state index in [1.165, 1.54) is 6.07 Å². The number of benzene rings is 1. The van der Waals surface area contributed by atoms with Gasteiger partial charge in [0.25, 0.3) is 0 Å². The van der Waals surface area contributed by atoms with Crippen LogP contribution in [0, 0.1) is 10.8 Å². The molecule has 0 saturated heterocycles. The summed E-state index contributed by atoms with van der Waals surface area (Å²) in [7, 11) is 0. The van der Waals surface area contributed by atoms with Gasteiger partial charge in [-0.25, -0.2) is 14.4 Å². The average molecular weight is 632 g/mol. The minimum absolute atomic E-state index is 0.0925. The summed E-state index contributed by atoms with van der Waals surface area (Å²) in [5.41, 5.74) is -1.27. The molecule has 45 heavy (non-hydrogen) atoms. The van der Waals surface area contributed by atoms with Crippen molar-refractivity contribution in [2.45, 2.75) is 81.7 Å². The SMILES string of the molecule is O=C(N(CC12CCC(c3ccc(C(F)(F)F)cn3)(CC1)CC2)c1cccc(Nc2ncc(OC(F)F)cn2)c1)C12CC(F)(C1)C2. The molecule has 2 aromatic heterocycles. The summed E-state index contributed by atoms with van der Waals surface area (Å²) in [6, 6.07) is 9.79. The first-order valence-corrected chi connectivity index (χ1v) is 15.0. The van der Waals surface area contributed by atoms with Crippen LogP contribution in [-0.2, 0) is 16.4 Å². The standard InChI is InChI=1S/C32H31F6N5O2/c33-26(34)45-23-14-40-27(41-15-23)42-21-2-1-3-22(12-21)43(25(44)30-16-31(35,17-30)18-30)19-28-6-9-29(10-7-28,11-8-28)24-5-4-20(13-39-24)32(36,37)38/h1-5,12-15,26H,6-11,16-19H2,(H,40,41,42). The average Bonchev–Trinajstić information content (AvgIpc) is 2.99. The highest BCUT2D eigenvalue weighted by Gasteiger charge is 2.73. The van der Waals surface area contributed by atoms with Gasteiger partial charge in [0.05, 0.1) is 23.4 Å². The highest BCUT2D eigenvalue weighted by molar-refractivity contribution is 6.00. The van der Waals surface area contributed by atoms with E-state index >= 15 is 0 Å². The van der Waals surface area contributed by atoms with E-state index in [0.29, 0.717) is 23.6 Å². The lowest BCUT2D eigenvalue weighted by molar-refractivity contribution is -0.211. The Balaban J connectivity index is 1.10. The number of nitrogens with one attached hydrogen (secondary N) is 1. The Morgan fingerprint density at radius 3 is 2.16 bits per heavy atom. The lowest BCUT2D eigenvalue weighted by Gasteiger charge is -2.65. The molecule has 238 valence electrons. The number of hydrogen-bond acceptors (Lipinski definition) is 6. The molecule has 0 atom stereocenters. The second-order valence-corrected chi connectivity index (χ2v) is 13.4. The molecule has 1 aromatic carbocycles. The Bertz CT molecular complexity index is 1550. The molecule has 6 saturated carbocycles. The predicted molar refractivity (Wildman–Crippen MR) is 152 cm³/mol. The number of rotatable bonds is 9. The van der Waals surface area contributed by atoms with Crippen LogP contribution in [0.5, 0.6) is 5.75 Å². The van der Waals surface area contributed by atoms with E-state index in [2.05, 4.69) is 25.0 Å². The summed E-state index contributed by atoms with van der Waals surface area (Å²) >= 11 is 0. The first-order chi connectivity index (χ1) is 21.3. The maximum Gasteiger partial charge on any atom is 0.417 e. The van der Waals surface area contributed by atoms with Crippen LogP contribution in [0.4, 0.5) is 43.7 Å². The fraction of sp³-hybridized carbons (Fsp3) is 0.500. The van der Waals surface area contributed by atoms with Crippen LogP contribution in [-0.4, -0.2) is 39.7 Å². The zero-order chi connectivity index (χ0) is 31.7. The van der Waals surface area contributed by atoms with Crippen molar-refractivity contribution < 1.29 is 35.9 Å². The van der Waals surface area contributed by atoms with Crippen LogP contribution < -0.4 is 15.0 Å². The molecule has 2 heterocycles. The number of halogens is 6. The Hall–Kier alpha value is -3.90. The van der Waals surface area contributed by atoms with E-state index in [-0.39, 0.29) is 47.7 Å².